The number of allylic oxidation sites excluding steroid dienone is 5. The second-order valence-electron chi connectivity index (χ2n) is 22.5. The minimum Gasteiger partial charge on any atom is -0.466 e. The number of ether oxygens (including phenoxy) is 1. The molecule has 0 rings (SSSR count). The van der Waals surface area contributed by atoms with Gasteiger partial charge in [0.1, 0.15) is 0 Å². The normalized spacial score (nSPS) is 12.8. The van der Waals surface area contributed by atoms with Crippen LogP contribution in [0.4, 0.5) is 0 Å². The number of amides is 1. The van der Waals surface area contributed by atoms with Crippen molar-refractivity contribution < 1.29 is 24.5 Å². The molecule has 0 fully saturated rings. The zero-order chi connectivity index (χ0) is 52.9. The summed E-state index contributed by atoms with van der Waals surface area (Å²) in [6.07, 6.45) is 79.3. The highest BCUT2D eigenvalue weighted by molar-refractivity contribution is 5.76. The van der Waals surface area contributed by atoms with Crippen molar-refractivity contribution in [3.63, 3.8) is 0 Å². The van der Waals surface area contributed by atoms with Gasteiger partial charge in [-0.25, -0.2) is 0 Å². The van der Waals surface area contributed by atoms with E-state index >= 15 is 0 Å². The van der Waals surface area contributed by atoms with E-state index in [0.717, 1.165) is 51.4 Å². The Bertz CT molecular complexity index is 1180. The van der Waals surface area contributed by atoms with Gasteiger partial charge in [0.25, 0.3) is 0 Å². The van der Waals surface area contributed by atoms with Gasteiger partial charge < -0.3 is 20.3 Å². The fourth-order valence-electron chi connectivity index (χ4n) is 10.1. The number of esters is 1. The zero-order valence-corrected chi connectivity index (χ0v) is 49.1. The smallest absolute Gasteiger partial charge is 0.305 e. The second-order valence-corrected chi connectivity index (χ2v) is 22.5. The molecule has 0 saturated heterocycles. The Labute approximate surface area is 455 Å². The predicted octanol–water partition coefficient (Wildman–Crippen LogP) is 20.8. The quantitative estimate of drug-likeness (QED) is 0.0320. The summed E-state index contributed by atoms with van der Waals surface area (Å²) in [6.45, 7) is 4.88. The van der Waals surface area contributed by atoms with E-state index in [1.54, 1.807) is 6.08 Å². The van der Waals surface area contributed by atoms with Crippen LogP contribution >= 0.6 is 0 Å². The molecule has 0 aliphatic carbocycles. The highest BCUT2D eigenvalue weighted by Crippen LogP contribution is 2.18. The van der Waals surface area contributed by atoms with Crippen LogP contribution in [0.15, 0.2) is 36.5 Å². The third-order valence-electron chi connectivity index (χ3n) is 15.2. The van der Waals surface area contributed by atoms with E-state index in [9.17, 15) is 19.8 Å². The Kier molecular flexibility index (Phi) is 61.0. The molecule has 0 spiro atoms. The molecule has 0 aromatic carbocycles. The summed E-state index contributed by atoms with van der Waals surface area (Å²) >= 11 is 0. The van der Waals surface area contributed by atoms with Crippen molar-refractivity contribution in [1.82, 2.24) is 5.32 Å². The molecular formula is C67H127NO5. The summed E-state index contributed by atoms with van der Waals surface area (Å²) in [5.74, 6) is -0.0548. The topological polar surface area (TPSA) is 95.9 Å². The lowest BCUT2D eigenvalue weighted by atomic mass is 10.0. The van der Waals surface area contributed by atoms with E-state index in [0.29, 0.717) is 19.4 Å². The van der Waals surface area contributed by atoms with Crippen molar-refractivity contribution in [1.29, 1.82) is 0 Å². The number of nitrogens with one attached hydrogen (secondary N) is 1. The number of aliphatic hydroxyl groups is 2. The molecular weight excluding hydrogens is 899 g/mol. The van der Waals surface area contributed by atoms with E-state index in [-0.39, 0.29) is 18.5 Å². The van der Waals surface area contributed by atoms with Crippen LogP contribution in [0.25, 0.3) is 0 Å². The Morgan fingerprint density at radius 1 is 0.384 bits per heavy atom. The summed E-state index contributed by atoms with van der Waals surface area (Å²) < 4.78 is 5.50. The zero-order valence-electron chi connectivity index (χ0n) is 49.1. The maximum absolute atomic E-state index is 12.4. The van der Waals surface area contributed by atoms with E-state index in [2.05, 4.69) is 43.5 Å². The highest BCUT2D eigenvalue weighted by Gasteiger charge is 2.18. The monoisotopic (exact) mass is 1030 g/mol. The molecule has 2 atom stereocenters. The standard InChI is InChI=1S/C67H127NO5/c1-3-5-7-9-11-13-15-16-17-18-32-35-38-41-45-49-53-57-61-67(72)73-62-58-54-50-46-42-39-36-33-30-28-26-24-22-20-19-21-23-25-27-29-31-34-37-40-44-48-52-56-60-66(71)68-64(63-69)65(70)59-55-51-47-43-14-12-10-8-6-4-2/h13,15,17-18,55,59,64-65,69-70H,3-12,14,16,19-54,56-58,60-63H2,1-2H3,(H,68,71)/b15-13-,18-17-,59-55+. The second kappa shape index (κ2) is 62.6. The summed E-state index contributed by atoms with van der Waals surface area (Å²) in [4.78, 5) is 24.5. The van der Waals surface area contributed by atoms with Crippen molar-refractivity contribution in [2.45, 2.75) is 366 Å². The van der Waals surface area contributed by atoms with Crippen molar-refractivity contribution in [2.24, 2.45) is 0 Å². The molecule has 6 nitrogen and oxygen atoms in total. The van der Waals surface area contributed by atoms with Gasteiger partial charge in [-0.3, -0.25) is 9.59 Å². The number of unbranched alkanes of at least 4 members (excludes halogenated alkanes) is 46. The van der Waals surface area contributed by atoms with Crippen LogP contribution < -0.4 is 5.32 Å². The van der Waals surface area contributed by atoms with Gasteiger partial charge in [0, 0.05) is 12.8 Å². The Morgan fingerprint density at radius 3 is 1.05 bits per heavy atom. The molecule has 0 aromatic heterocycles. The lowest BCUT2D eigenvalue weighted by Gasteiger charge is -2.20. The van der Waals surface area contributed by atoms with Gasteiger partial charge in [0.2, 0.25) is 5.91 Å². The average molecular weight is 1030 g/mol. The fraction of sp³-hybridized carbons (Fsp3) is 0.881. The van der Waals surface area contributed by atoms with Crippen LogP contribution in [0.3, 0.4) is 0 Å². The number of carbonyl (C=O) groups is 2. The van der Waals surface area contributed by atoms with E-state index in [1.165, 1.54) is 276 Å². The number of hydrogen-bond donors (Lipinski definition) is 3. The third-order valence-corrected chi connectivity index (χ3v) is 15.2. The molecule has 6 heteroatoms. The Balaban J connectivity index is 3.33. The van der Waals surface area contributed by atoms with Crippen LogP contribution in [-0.4, -0.2) is 47.4 Å². The molecule has 0 bridgehead atoms. The average Bonchev–Trinajstić information content (AvgIpc) is 3.39. The summed E-state index contributed by atoms with van der Waals surface area (Å²) in [7, 11) is 0. The van der Waals surface area contributed by atoms with Gasteiger partial charge in [-0.15, -0.1) is 0 Å². The molecule has 0 aromatic rings. The number of aliphatic hydroxyl groups excluding tert-OH is 2. The van der Waals surface area contributed by atoms with Gasteiger partial charge in [0.15, 0.2) is 0 Å². The molecule has 0 heterocycles. The molecule has 0 aliphatic heterocycles. The van der Waals surface area contributed by atoms with Crippen LogP contribution in [0.1, 0.15) is 354 Å². The van der Waals surface area contributed by atoms with Crippen LogP contribution in [0.5, 0.6) is 0 Å². The molecule has 1 amide bonds. The predicted molar refractivity (Wildman–Crippen MR) is 319 cm³/mol. The Morgan fingerprint density at radius 2 is 0.685 bits per heavy atom. The number of carbonyl (C=O) groups excluding carboxylic acids is 2. The molecule has 430 valence electrons. The van der Waals surface area contributed by atoms with Gasteiger partial charge in [-0.1, -0.05) is 314 Å². The SMILES string of the molecule is CCCCCC/C=C\C/C=C\CCCCCCCCCC(=O)OCCCCCCCCCCCCCCCCCCCCCCCCCCCCCCC(=O)NC(CO)C(O)/C=C/CCCCCCCCCC. The van der Waals surface area contributed by atoms with Crippen molar-refractivity contribution in [2.75, 3.05) is 13.2 Å². The summed E-state index contributed by atoms with van der Waals surface area (Å²) in [5, 5.41) is 23.0. The first-order valence-corrected chi connectivity index (χ1v) is 32.8. The first-order chi connectivity index (χ1) is 36.0. The maximum Gasteiger partial charge on any atom is 0.305 e. The first-order valence-electron chi connectivity index (χ1n) is 32.8. The van der Waals surface area contributed by atoms with Gasteiger partial charge in [0.05, 0.1) is 25.4 Å². The minimum atomic E-state index is -0.840. The van der Waals surface area contributed by atoms with E-state index in [1.807, 2.05) is 6.08 Å². The lowest BCUT2D eigenvalue weighted by Crippen LogP contribution is -2.45. The molecule has 0 aliphatic rings. The molecule has 73 heavy (non-hydrogen) atoms. The summed E-state index contributed by atoms with van der Waals surface area (Å²) in [5.41, 5.74) is 0. The van der Waals surface area contributed by atoms with Crippen LogP contribution in [0, 0.1) is 0 Å². The highest BCUT2D eigenvalue weighted by atomic mass is 16.5. The van der Waals surface area contributed by atoms with Crippen molar-refractivity contribution in [3.05, 3.63) is 36.5 Å². The van der Waals surface area contributed by atoms with Crippen LogP contribution in [-0.2, 0) is 14.3 Å². The van der Waals surface area contributed by atoms with E-state index in [4.69, 9.17) is 4.74 Å². The third kappa shape index (κ3) is 59.2. The van der Waals surface area contributed by atoms with E-state index < -0.39 is 12.1 Å². The summed E-state index contributed by atoms with van der Waals surface area (Å²) in [6, 6.07) is -0.624. The lowest BCUT2D eigenvalue weighted by molar-refractivity contribution is -0.143. The number of hydrogen-bond acceptors (Lipinski definition) is 5. The molecule has 0 radical (unpaired) electrons. The first kappa shape index (κ1) is 71.1. The van der Waals surface area contributed by atoms with Crippen molar-refractivity contribution >= 4 is 11.9 Å². The van der Waals surface area contributed by atoms with Crippen molar-refractivity contribution in [3.8, 4) is 0 Å². The molecule has 2 unspecified atom stereocenters. The largest absolute Gasteiger partial charge is 0.466 e. The number of rotatable bonds is 61. The van der Waals surface area contributed by atoms with Gasteiger partial charge >= 0.3 is 5.97 Å². The fourth-order valence-corrected chi connectivity index (χ4v) is 10.1. The van der Waals surface area contributed by atoms with Crippen LogP contribution in [0.2, 0.25) is 0 Å². The minimum absolute atomic E-state index is 0.0111. The Hall–Kier alpha value is -1.92. The molecule has 0 saturated carbocycles. The van der Waals surface area contributed by atoms with Gasteiger partial charge in [-0.05, 0) is 64.2 Å². The molecule has 3 N–H and O–H groups in total. The van der Waals surface area contributed by atoms with Gasteiger partial charge in [-0.2, -0.15) is 0 Å². The maximum atomic E-state index is 12.4.